The van der Waals surface area contributed by atoms with E-state index in [4.69, 9.17) is 0 Å². The van der Waals surface area contributed by atoms with Crippen LogP contribution in [0.3, 0.4) is 0 Å². The van der Waals surface area contributed by atoms with Crippen LogP contribution < -0.4 is 0 Å². The molecule has 2 nitrogen and oxygen atoms in total. The topological polar surface area (TPSA) is 37.3 Å². The Balaban J connectivity index is 2.10. The molecule has 1 atom stereocenters. The van der Waals surface area contributed by atoms with Crippen molar-refractivity contribution in [2.24, 2.45) is 5.92 Å². The molecule has 0 heterocycles. The van der Waals surface area contributed by atoms with Crippen molar-refractivity contribution < 1.29 is 9.90 Å². The van der Waals surface area contributed by atoms with Gasteiger partial charge in [0.05, 0.1) is 0 Å². The first kappa shape index (κ1) is 12.3. The van der Waals surface area contributed by atoms with Gasteiger partial charge in [0.25, 0.3) is 0 Å². The van der Waals surface area contributed by atoms with E-state index in [0.29, 0.717) is 6.42 Å². The van der Waals surface area contributed by atoms with Gasteiger partial charge in [0.15, 0.2) is 6.29 Å². The summed E-state index contributed by atoms with van der Waals surface area (Å²) in [5, 5.41) is 10.5. The van der Waals surface area contributed by atoms with Crippen LogP contribution in [-0.4, -0.2) is 17.0 Å². The third kappa shape index (κ3) is 2.95. The first-order valence-electron chi connectivity index (χ1n) is 6.47. The molecule has 92 valence electrons. The quantitative estimate of drug-likeness (QED) is 0.810. The maximum Gasteiger partial charge on any atom is 0.152 e. The summed E-state index contributed by atoms with van der Waals surface area (Å²) in [5.74, 6) is 0.133. The van der Waals surface area contributed by atoms with Crippen molar-refractivity contribution in [3.8, 4) is 0 Å². The van der Waals surface area contributed by atoms with Gasteiger partial charge in [-0.25, -0.2) is 0 Å². The highest BCUT2D eigenvalue weighted by molar-refractivity contribution is 5.63. The largest absolute Gasteiger partial charge is 0.382 e. The van der Waals surface area contributed by atoms with Crippen LogP contribution in [0, 0.1) is 5.92 Å². The van der Waals surface area contributed by atoms with E-state index in [1.165, 1.54) is 6.42 Å². The van der Waals surface area contributed by atoms with Gasteiger partial charge in [0.1, 0.15) is 5.60 Å². The van der Waals surface area contributed by atoms with Crippen LogP contribution in [-0.2, 0) is 11.2 Å². The van der Waals surface area contributed by atoms with Crippen molar-refractivity contribution in [2.45, 2.75) is 44.1 Å². The van der Waals surface area contributed by atoms with Crippen LogP contribution >= 0.6 is 0 Å². The predicted octanol–water partition coefficient (Wildman–Crippen LogP) is 2.74. The van der Waals surface area contributed by atoms with E-state index in [-0.39, 0.29) is 5.92 Å². The molecule has 0 bridgehead atoms. The molecule has 0 aliphatic heterocycles. The Labute approximate surface area is 103 Å². The Morgan fingerprint density at radius 2 is 1.82 bits per heavy atom. The van der Waals surface area contributed by atoms with Crippen molar-refractivity contribution in [3.63, 3.8) is 0 Å². The number of carbonyl (C=O) groups excluding carboxylic acids is 1. The molecule has 1 aromatic rings. The van der Waals surface area contributed by atoms with Gasteiger partial charge >= 0.3 is 0 Å². The summed E-state index contributed by atoms with van der Waals surface area (Å²) < 4.78 is 0. The highest BCUT2D eigenvalue weighted by Gasteiger charge is 2.37. The molecule has 1 aliphatic rings. The maximum absolute atomic E-state index is 11.3. The number of carbonyl (C=O) groups is 1. The molecule has 17 heavy (non-hydrogen) atoms. The Kier molecular flexibility index (Phi) is 3.95. The summed E-state index contributed by atoms with van der Waals surface area (Å²) in [6, 6.07) is 9.78. The van der Waals surface area contributed by atoms with E-state index < -0.39 is 5.60 Å². The molecule has 1 N–H and O–H groups in total. The fourth-order valence-electron chi connectivity index (χ4n) is 2.81. The van der Waals surface area contributed by atoms with E-state index >= 15 is 0 Å². The minimum absolute atomic E-state index is 0.133. The smallest absolute Gasteiger partial charge is 0.152 e. The van der Waals surface area contributed by atoms with E-state index in [0.717, 1.165) is 37.5 Å². The van der Waals surface area contributed by atoms with Gasteiger partial charge in [0.2, 0.25) is 0 Å². The first-order valence-corrected chi connectivity index (χ1v) is 6.47. The molecular weight excluding hydrogens is 212 g/mol. The molecule has 0 aromatic heterocycles. The van der Waals surface area contributed by atoms with Crippen LogP contribution in [0.5, 0.6) is 0 Å². The van der Waals surface area contributed by atoms with Crippen molar-refractivity contribution in [1.82, 2.24) is 0 Å². The van der Waals surface area contributed by atoms with Gasteiger partial charge in [0, 0.05) is 6.42 Å². The molecule has 0 amide bonds. The summed E-state index contributed by atoms with van der Waals surface area (Å²) in [6.07, 6.45) is 6.66. The van der Waals surface area contributed by atoms with E-state index in [1.807, 2.05) is 30.3 Å². The summed E-state index contributed by atoms with van der Waals surface area (Å²) in [4.78, 5) is 11.3. The minimum Gasteiger partial charge on any atom is -0.382 e. The average molecular weight is 232 g/mol. The van der Waals surface area contributed by atoms with E-state index in [2.05, 4.69) is 0 Å². The zero-order chi connectivity index (χ0) is 12.1. The van der Waals surface area contributed by atoms with Crippen molar-refractivity contribution in [2.75, 3.05) is 0 Å². The average Bonchev–Trinajstić information content (AvgIpc) is 2.41. The first-order chi connectivity index (χ1) is 8.24. The minimum atomic E-state index is -1.16. The number of rotatable bonds is 4. The molecule has 1 unspecified atom stereocenters. The Hall–Kier alpha value is -1.15. The lowest BCUT2D eigenvalue weighted by Crippen LogP contribution is -2.42. The Morgan fingerprint density at radius 3 is 2.41 bits per heavy atom. The highest BCUT2D eigenvalue weighted by Crippen LogP contribution is 2.33. The van der Waals surface area contributed by atoms with Crippen molar-refractivity contribution in [1.29, 1.82) is 0 Å². The molecule has 1 aliphatic carbocycles. The number of hydrogen-bond acceptors (Lipinski definition) is 2. The number of benzene rings is 1. The molecular formula is C15H20O2. The summed E-state index contributed by atoms with van der Waals surface area (Å²) in [6.45, 7) is 0. The van der Waals surface area contributed by atoms with Crippen LogP contribution in [0.4, 0.5) is 0 Å². The number of aliphatic hydroxyl groups is 1. The van der Waals surface area contributed by atoms with Crippen LogP contribution in [0.25, 0.3) is 0 Å². The zero-order valence-corrected chi connectivity index (χ0v) is 10.1. The number of aldehydes is 1. The van der Waals surface area contributed by atoms with Crippen LogP contribution in [0.15, 0.2) is 30.3 Å². The fraction of sp³-hybridized carbons (Fsp3) is 0.533. The summed E-state index contributed by atoms with van der Waals surface area (Å²) >= 11 is 0. The highest BCUT2D eigenvalue weighted by atomic mass is 16.3. The van der Waals surface area contributed by atoms with Gasteiger partial charge < -0.3 is 9.90 Å². The predicted molar refractivity (Wildman–Crippen MR) is 67.7 cm³/mol. The Bertz CT molecular complexity index is 354. The molecule has 2 heteroatoms. The number of hydrogen-bond donors (Lipinski definition) is 1. The monoisotopic (exact) mass is 232 g/mol. The molecule has 1 fully saturated rings. The molecule has 1 saturated carbocycles. The van der Waals surface area contributed by atoms with Crippen LogP contribution in [0.1, 0.15) is 37.7 Å². The fourth-order valence-corrected chi connectivity index (χ4v) is 2.81. The third-order valence-electron chi connectivity index (χ3n) is 3.85. The van der Waals surface area contributed by atoms with Gasteiger partial charge in [-0.3, -0.25) is 0 Å². The van der Waals surface area contributed by atoms with Gasteiger partial charge in [-0.05, 0) is 24.3 Å². The lowest BCUT2D eigenvalue weighted by Gasteiger charge is -2.34. The van der Waals surface area contributed by atoms with E-state index in [9.17, 15) is 9.90 Å². The van der Waals surface area contributed by atoms with Crippen molar-refractivity contribution >= 4 is 6.29 Å². The second kappa shape index (κ2) is 5.46. The summed E-state index contributed by atoms with van der Waals surface area (Å²) in [5.41, 5.74) is -0.130. The zero-order valence-electron chi connectivity index (χ0n) is 10.1. The molecule has 0 saturated heterocycles. The van der Waals surface area contributed by atoms with Gasteiger partial charge in [-0.1, -0.05) is 49.6 Å². The standard InChI is InChI=1S/C15H20O2/c16-12-15(17,14-9-5-2-6-10-14)11-13-7-3-1-4-8-13/h1,3-4,7-8,12,14,17H,2,5-6,9-11H2. The lowest BCUT2D eigenvalue weighted by atomic mass is 9.75. The normalized spacial score (nSPS) is 20.8. The molecule has 0 spiro atoms. The SMILES string of the molecule is O=CC(O)(Cc1ccccc1)C1CCCCC1. The van der Waals surface area contributed by atoms with Gasteiger partial charge in [-0.2, -0.15) is 0 Å². The third-order valence-corrected chi connectivity index (χ3v) is 3.85. The maximum atomic E-state index is 11.3. The van der Waals surface area contributed by atoms with Gasteiger partial charge in [-0.15, -0.1) is 0 Å². The van der Waals surface area contributed by atoms with Crippen LogP contribution in [0.2, 0.25) is 0 Å². The second-order valence-corrected chi connectivity index (χ2v) is 5.11. The molecule has 1 aromatic carbocycles. The Morgan fingerprint density at radius 1 is 1.18 bits per heavy atom. The summed E-state index contributed by atoms with van der Waals surface area (Å²) in [7, 11) is 0. The molecule has 0 radical (unpaired) electrons. The van der Waals surface area contributed by atoms with E-state index in [1.54, 1.807) is 0 Å². The second-order valence-electron chi connectivity index (χ2n) is 5.11. The lowest BCUT2D eigenvalue weighted by molar-refractivity contribution is -0.131. The molecule has 2 rings (SSSR count). The van der Waals surface area contributed by atoms with Crippen molar-refractivity contribution in [3.05, 3.63) is 35.9 Å².